The molecule has 1 fully saturated rings. The summed E-state index contributed by atoms with van der Waals surface area (Å²) in [5, 5.41) is 2.87. The van der Waals surface area contributed by atoms with E-state index in [9.17, 15) is 4.79 Å². The van der Waals surface area contributed by atoms with Gasteiger partial charge in [-0.1, -0.05) is 22.0 Å². The molecule has 1 amide bonds. The smallest absolute Gasteiger partial charge is 0.234 e. The number of amides is 1. The van der Waals surface area contributed by atoms with Crippen molar-refractivity contribution in [2.75, 3.05) is 25.4 Å². The lowest BCUT2D eigenvalue weighted by Gasteiger charge is -2.20. The van der Waals surface area contributed by atoms with Crippen molar-refractivity contribution >= 4 is 27.5 Å². The van der Waals surface area contributed by atoms with Crippen LogP contribution < -0.4 is 11.1 Å². The molecule has 0 saturated carbocycles. The van der Waals surface area contributed by atoms with Gasteiger partial charge in [0.1, 0.15) is 0 Å². The minimum atomic E-state index is 0.0909. The Morgan fingerprint density at radius 1 is 1.47 bits per heavy atom. The molecule has 1 aliphatic rings. The van der Waals surface area contributed by atoms with Crippen LogP contribution in [0, 0.1) is 0 Å². The second-order valence-electron chi connectivity index (χ2n) is 4.22. The highest BCUT2D eigenvalue weighted by Crippen LogP contribution is 2.24. The molecule has 1 aliphatic heterocycles. The molecular weight excluding hydrogens is 282 g/mol. The number of benzene rings is 1. The fraction of sp³-hybridized carbons (Fsp3) is 0.417. The lowest BCUT2D eigenvalue weighted by molar-refractivity contribution is -0.121. The highest BCUT2D eigenvalue weighted by molar-refractivity contribution is 9.10. The third kappa shape index (κ3) is 3.20. The topological polar surface area (TPSA) is 58.4 Å². The molecule has 5 heteroatoms. The normalized spacial score (nSPS) is 17.6. The summed E-state index contributed by atoms with van der Waals surface area (Å²) >= 11 is 3.50. The van der Waals surface area contributed by atoms with Crippen LogP contribution in [-0.2, 0) is 11.3 Å². The lowest BCUT2D eigenvalue weighted by atomic mass is 10.1. The van der Waals surface area contributed by atoms with Crippen LogP contribution in [0.2, 0.25) is 0 Å². The molecule has 0 aromatic heterocycles. The molecule has 1 heterocycles. The molecule has 92 valence electrons. The molecule has 17 heavy (non-hydrogen) atoms. The van der Waals surface area contributed by atoms with Gasteiger partial charge in [-0.15, -0.1) is 0 Å². The maximum Gasteiger partial charge on any atom is 0.234 e. The van der Waals surface area contributed by atoms with Crippen LogP contribution in [0.5, 0.6) is 0 Å². The van der Waals surface area contributed by atoms with Crippen molar-refractivity contribution in [2.24, 2.45) is 0 Å². The van der Waals surface area contributed by atoms with Gasteiger partial charge >= 0.3 is 0 Å². The predicted octanol–water partition coefficient (Wildman–Crippen LogP) is 1.35. The van der Waals surface area contributed by atoms with Crippen LogP contribution in [0.3, 0.4) is 0 Å². The summed E-state index contributed by atoms with van der Waals surface area (Å²) in [6, 6.07) is 5.78. The SMILES string of the molecule is Nc1cccc(Br)c1CN1CCCNC(=O)C1. The van der Waals surface area contributed by atoms with E-state index < -0.39 is 0 Å². The largest absolute Gasteiger partial charge is 0.398 e. The maximum absolute atomic E-state index is 11.5. The van der Waals surface area contributed by atoms with Gasteiger partial charge < -0.3 is 11.1 Å². The number of nitrogens with one attached hydrogen (secondary N) is 1. The van der Waals surface area contributed by atoms with E-state index in [1.54, 1.807) is 0 Å². The first-order valence-corrected chi connectivity index (χ1v) is 6.48. The molecule has 0 bridgehead atoms. The second-order valence-corrected chi connectivity index (χ2v) is 5.08. The fourth-order valence-corrected chi connectivity index (χ4v) is 2.48. The summed E-state index contributed by atoms with van der Waals surface area (Å²) in [6.07, 6.45) is 0.982. The summed E-state index contributed by atoms with van der Waals surface area (Å²) in [7, 11) is 0. The number of anilines is 1. The molecule has 4 nitrogen and oxygen atoms in total. The van der Waals surface area contributed by atoms with Gasteiger partial charge in [0.2, 0.25) is 5.91 Å². The summed E-state index contributed by atoms with van der Waals surface area (Å²) in [5.74, 6) is 0.0909. The van der Waals surface area contributed by atoms with Crippen LogP contribution in [-0.4, -0.2) is 30.4 Å². The van der Waals surface area contributed by atoms with Gasteiger partial charge in [0.15, 0.2) is 0 Å². The van der Waals surface area contributed by atoms with Gasteiger partial charge in [-0.25, -0.2) is 0 Å². The lowest BCUT2D eigenvalue weighted by Crippen LogP contribution is -2.32. The molecule has 0 aliphatic carbocycles. The van der Waals surface area contributed by atoms with E-state index in [4.69, 9.17) is 5.73 Å². The van der Waals surface area contributed by atoms with Gasteiger partial charge in [-0.05, 0) is 18.6 Å². The fourth-order valence-electron chi connectivity index (χ4n) is 1.97. The summed E-state index contributed by atoms with van der Waals surface area (Å²) < 4.78 is 1.00. The molecule has 1 aromatic carbocycles. The number of halogens is 1. The molecule has 0 spiro atoms. The number of carbonyl (C=O) groups is 1. The number of nitrogen functional groups attached to an aromatic ring is 1. The summed E-state index contributed by atoms with van der Waals surface area (Å²) in [5.41, 5.74) is 7.78. The number of carbonyl (C=O) groups excluding carboxylic acids is 1. The van der Waals surface area contributed by atoms with E-state index in [0.717, 1.165) is 35.2 Å². The number of nitrogens with two attached hydrogens (primary N) is 1. The molecule has 0 atom stereocenters. The molecule has 1 saturated heterocycles. The minimum absolute atomic E-state index is 0.0909. The summed E-state index contributed by atoms with van der Waals surface area (Å²) in [4.78, 5) is 13.6. The van der Waals surface area contributed by atoms with E-state index in [1.165, 1.54) is 0 Å². The van der Waals surface area contributed by atoms with Gasteiger partial charge in [0.05, 0.1) is 6.54 Å². The Hall–Kier alpha value is -1.07. The Labute approximate surface area is 109 Å². The third-order valence-electron chi connectivity index (χ3n) is 2.88. The zero-order valence-corrected chi connectivity index (χ0v) is 11.2. The first kappa shape index (κ1) is 12.4. The minimum Gasteiger partial charge on any atom is -0.398 e. The molecule has 0 radical (unpaired) electrons. The molecule has 0 unspecified atom stereocenters. The Morgan fingerprint density at radius 2 is 2.29 bits per heavy atom. The van der Waals surface area contributed by atoms with Crippen molar-refractivity contribution in [1.82, 2.24) is 10.2 Å². The van der Waals surface area contributed by atoms with Crippen molar-refractivity contribution in [3.63, 3.8) is 0 Å². The van der Waals surface area contributed by atoms with Crippen molar-refractivity contribution in [3.8, 4) is 0 Å². The van der Waals surface area contributed by atoms with Gasteiger partial charge in [-0.3, -0.25) is 9.69 Å². The zero-order chi connectivity index (χ0) is 12.3. The first-order chi connectivity index (χ1) is 8.16. The third-order valence-corrected chi connectivity index (χ3v) is 3.62. The molecule has 3 N–H and O–H groups in total. The summed E-state index contributed by atoms with van der Waals surface area (Å²) in [6.45, 7) is 2.84. The van der Waals surface area contributed by atoms with Crippen LogP contribution in [0.25, 0.3) is 0 Å². The standard InChI is InChI=1S/C12H16BrN3O/c13-10-3-1-4-11(14)9(10)7-16-6-2-5-15-12(17)8-16/h1,3-4H,2,5-8,14H2,(H,15,17). The maximum atomic E-state index is 11.5. The van der Waals surface area contributed by atoms with Gasteiger partial charge in [0.25, 0.3) is 0 Å². The van der Waals surface area contributed by atoms with Crippen molar-refractivity contribution in [2.45, 2.75) is 13.0 Å². The highest BCUT2D eigenvalue weighted by atomic mass is 79.9. The van der Waals surface area contributed by atoms with Crippen LogP contribution >= 0.6 is 15.9 Å². The number of rotatable bonds is 2. The van der Waals surface area contributed by atoms with Crippen LogP contribution in [0.15, 0.2) is 22.7 Å². The van der Waals surface area contributed by atoms with Crippen molar-refractivity contribution in [1.29, 1.82) is 0 Å². The average Bonchev–Trinajstić information content (AvgIpc) is 2.48. The Morgan fingerprint density at radius 3 is 3.06 bits per heavy atom. The number of hydrogen-bond acceptors (Lipinski definition) is 3. The van der Waals surface area contributed by atoms with Crippen LogP contribution in [0.4, 0.5) is 5.69 Å². The van der Waals surface area contributed by atoms with E-state index in [2.05, 4.69) is 26.1 Å². The highest BCUT2D eigenvalue weighted by Gasteiger charge is 2.16. The van der Waals surface area contributed by atoms with E-state index in [1.807, 2.05) is 18.2 Å². The van der Waals surface area contributed by atoms with E-state index in [0.29, 0.717) is 13.1 Å². The van der Waals surface area contributed by atoms with E-state index >= 15 is 0 Å². The van der Waals surface area contributed by atoms with Crippen molar-refractivity contribution in [3.05, 3.63) is 28.2 Å². The average molecular weight is 298 g/mol. The second kappa shape index (κ2) is 5.51. The quantitative estimate of drug-likeness (QED) is 0.810. The van der Waals surface area contributed by atoms with Gasteiger partial charge in [0, 0.05) is 35.4 Å². The monoisotopic (exact) mass is 297 g/mol. The first-order valence-electron chi connectivity index (χ1n) is 5.69. The Kier molecular flexibility index (Phi) is 4.02. The number of nitrogens with zero attached hydrogens (tertiary/aromatic N) is 1. The van der Waals surface area contributed by atoms with Crippen molar-refractivity contribution < 1.29 is 4.79 Å². The van der Waals surface area contributed by atoms with Gasteiger partial charge in [-0.2, -0.15) is 0 Å². The Balaban J connectivity index is 2.11. The number of hydrogen-bond donors (Lipinski definition) is 2. The zero-order valence-electron chi connectivity index (χ0n) is 9.58. The molecular formula is C12H16BrN3O. The van der Waals surface area contributed by atoms with Crippen LogP contribution in [0.1, 0.15) is 12.0 Å². The molecule has 1 aromatic rings. The molecule has 2 rings (SSSR count). The predicted molar refractivity (Wildman–Crippen MR) is 71.5 cm³/mol. The van der Waals surface area contributed by atoms with E-state index in [-0.39, 0.29) is 5.91 Å². The Bertz CT molecular complexity index is 402.